The highest BCUT2D eigenvalue weighted by Crippen LogP contribution is 2.12. The maximum absolute atomic E-state index is 5.48. The Morgan fingerprint density at radius 2 is 1.87 bits per heavy atom. The van der Waals surface area contributed by atoms with Gasteiger partial charge in [-0.25, -0.2) is 0 Å². The Hall–Kier alpha value is -1.59. The zero-order valence-corrected chi connectivity index (χ0v) is 9.23. The van der Waals surface area contributed by atoms with Crippen molar-refractivity contribution in [3.63, 3.8) is 0 Å². The van der Waals surface area contributed by atoms with Gasteiger partial charge >= 0.3 is 12.0 Å². The third-order valence-electron chi connectivity index (χ3n) is 1.39. The van der Waals surface area contributed by atoms with E-state index in [1.807, 2.05) is 20.8 Å². The molecule has 0 fully saturated rings. The van der Waals surface area contributed by atoms with Crippen LogP contribution in [0.3, 0.4) is 0 Å². The van der Waals surface area contributed by atoms with Crippen LogP contribution in [-0.4, -0.2) is 27.7 Å². The van der Waals surface area contributed by atoms with E-state index in [1.54, 1.807) is 0 Å². The van der Waals surface area contributed by atoms with Gasteiger partial charge in [0.25, 0.3) is 0 Å². The van der Waals surface area contributed by atoms with Crippen molar-refractivity contribution in [3.05, 3.63) is 0 Å². The standard InChI is InChI=1S/C9H16N4O2/c1-4-5-14-8-11-7(10)12-9(13-8)15-6(2)3/h6H,4-5H2,1-3H3,(H2,10,11,12,13). The summed E-state index contributed by atoms with van der Waals surface area (Å²) in [6.45, 7) is 6.31. The van der Waals surface area contributed by atoms with Crippen LogP contribution in [0.1, 0.15) is 27.2 Å². The Bertz CT molecular complexity index is 317. The molecule has 0 aromatic carbocycles. The van der Waals surface area contributed by atoms with Crippen molar-refractivity contribution in [1.29, 1.82) is 0 Å². The van der Waals surface area contributed by atoms with Crippen LogP contribution in [0.25, 0.3) is 0 Å². The summed E-state index contributed by atoms with van der Waals surface area (Å²) in [6, 6.07) is 0.406. The molecule has 0 unspecified atom stereocenters. The van der Waals surface area contributed by atoms with Crippen molar-refractivity contribution < 1.29 is 9.47 Å². The first-order valence-corrected chi connectivity index (χ1v) is 4.92. The van der Waals surface area contributed by atoms with E-state index >= 15 is 0 Å². The Labute approximate surface area is 88.8 Å². The minimum absolute atomic E-state index is 0.00850. The third kappa shape index (κ3) is 3.97. The number of hydrogen-bond donors (Lipinski definition) is 1. The Morgan fingerprint density at radius 3 is 2.47 bits per heavy atom. The third-order valence-corrected chi connectivity index (χ3v) is 1.39. The van der Waals surface area contributed by atoms with Crippen molar-refractivity contribution in [3.8, 4) is 12.0 Å². The normalized spacial score (nSPS) is 10.4. The van der Waals surface area contributed by atoms with Gasteiger partial charge in [0, 0.05) is 0 Å². The molecule has 6 heteroatoms. The fourth-order valence-corrected chi connectivity index (χ4v) is 0.874. The average Bonchev–Trinajstić information content (AvgIpc) is 2.12. The molecule has 6 nitrogen and oxygen atoms in total. The van der Waals surface area contributed by atoms with Crippen molar-refractivity contribution in [2.75, 3.05) is 12.3 Å². The Kier molecular flexibility index (Phi) is 4.08. The van der Waals surface area contributed by atoms with E-state index in [1.165, 1.54) is 0 Å². The van der Waals surface area contributed by atoms with Gasteiger partial charge in [-0.2, -0.15) is 9.97 Å². The van der Waals surface area contributed by atoms with E-state index in [-0.39, 0.29) is 24.1 Å². The molecule has 2 N–H and O–H groups in total. The molecule has 1 aromatic rings. The van der Waals surface area contributed by atoms with Crippen LogP contribution in [0.5, 0.6) is 12.0 Å². The van der Waals surface area contributed by atoms with Gasteiger partial charge in [0.05, 0.1) is 12.7 Å². The smallest absolute Gasteiger partial charge is 0.324 e. The molecule has 0 bridgehead atoms. The first kappa shape index (κ1) is 11.5. The fraction of sp³-hybridized carbons (Fsp3) is 0.667. The molecule has 1 rings (SSSR count). The Morgan fingerprint density at radius 1 is 1.20 bits per heavy atom. The summed E-state index contributed by atoms with van der Waals surface area (Å²) in [7, 11) is 0. The van der Waals surface area contributed by atoms with Crippen molar-refractivity contribution in [2.24, 2.45) is 0 Å². The van der Waals surface area contributed by atoms with Crippen LogP contribution in [0.15, 0.2) is 0 Å². The van der Waals surface area contributed by atoms with E-state index in [4.69, 9.17) is 15.2 Å². The maximum atomic E-state index is 5.48. The van der Waals surface area contributed by atoms with Gasteiger partial charge in [0.1, 0.15) is 0 Å². The molecule has 0 amide bonds. The van der Waals surface area contributed by atoms with E-state index in [9.17, 15) is 0 Å². The quantitative estimate of drug-likeness (QED) is 0.784. The summed E-state index contributed by atoms with van der Waals surface area (Å²) in [5.41, 5.74) is 5.48. The van der Waals surface area contributed by atoms with E-state index in [2.05, 4.69) is 15.0 Å². The molecule has 0 radical (unpaired) electrons. The van der Waals surface area contributed by atoms with Gasteiger partial charge in [-0.3, -0.25) is 0 Å². The summed E-state index contributed by atoms with van der Waals surface area (Å²) in [6.07, 6.45) is 0.872. The van der Waals surface area contributed by atoms with Crippen LogP contribution in [0.2, 0.25) is 0 Å². The van der Waals surface area contributed by atoms with Crippen molar-refractivity contribution >= 4 is 5.95 Å². The molecule has 1 heterocycles. The number of hydrogen-bond acceptors (Lipinski definition) is 6. The van der Waals surface area contributed by atoms with Crippen molar-refractivity contribution in [1.82, 2.24) is 15.0 Å². The summed E-state index contributed by atoms with van der Waals surface area (Å²) >= 11 is 0. The first-order valence-electron chi connectivity index (χ1n) is 4.92. The van der Waals surface area contributed by atoms with Gasteiger partial charge in [-0.15, -0.1) is 4.98 Å². The van der Waals surface area contributed by atoms with E-state index < -0.39 is 0 Å². The lowest BCUT2D eigenvalue weighted by molar-refractivity contribution is 0.213. The average molecular weight is 212 g/mol. The Balaban J connectivity index is 2.75. The summed E-state index contributed by atoms with van der Waals surface area (Å²) in [5, 5.41) is 0. The summed E-state index contributed by atoms with van der Waals surface area (Å²) < 4.78 is 10.5. The van der Waals surface area contributed by atoms with Gasteiger partial charge in [-0.1, -0.05) is 6.92 Å². The minimum Gasteiger partial charge on any atom is -0.463 e. The molecule has 0 saturated carbocycles. The highest BCUT2D eigenvalue weighted by molar-refractivity contribution is 5.20. The lowest BCUT2D eigenvalue weighted by atomic mass is 10.5. The summed E-state index contributed by atoms with van der Waals surface area (Å²) in [4.78, 5) is 11.6. The number of anilines is 1. The van der Waals surface area contributed by atoms with Gasteiger partial charge < -0.3 is 15.2 Å². The molecule has 0 aliphatic heterocycles. The second kappa shape index (κ2) is 5.33. The van der Waals surface area contributed by atoms with Gasteiger partial charge in [0.2, 0.25) is 5.95 Å². The number of nitrogens with zero attached hydrogens (tertiary/aromatic N) is 3. The molecule has 84 valence electrons. The number of ether oxygens (including phenoxy) is 2. The second-order valence-electron chi connectivity index (χ2n) is 3.27. The van der Waals surface area contributed by atoms with Gasteiger partial charge in [0.15, 0.2) is 0 Å². The molecule has 1 aromatic heterocycles. The number of rotatable bonds is 5. The predicted octanol–water partition coefficient (Wildman–Crippen LogP) is 1.03. The highest BCUT2D eigenvalue weighted by Gasteiger charge is 2.07. The first-order chi connectivity index (χ1) is 7.11. The van der Waals surface area contributed by atoms with Crippen LogP contribution in [0, 0.1) is 0 Å². The number of nitrogen functional groups attached to an aromatic ring is 1. The zero-order chi connectivity index (χ0) is 11.3. The summed E-state index contributed by atoms with van der Waals surface area (Å²) in [5.74, 6) is 0.103. The lowest BCUT2D eigenvalue weighted by Crippen LogP contribution is -2.11. The van der Waals surface area contributed by atoms with Crippen LogP contribution in [-0.2, 0) is 0 Å². The van der Waals surface area contributed by atoms with Crippen LogP contribution < -0.4 is 15.2 Å². The largest absolute Gasteiger partial charge is 0.463 e. The molecule has 0 aliphatic rings. The SMILES string of the molecule is CCCOc1nc(N)nc(OC(C)C)n1. The molecule has 0 spiro atoms. The van der Waals surface area contributed by atoms with Crippen LogP contribution >= 0.6 is 0 Å². The molecule has 0 saturated heterocycles. The highest BCUT2D eigenvalue weighted by atomic mass is 16.5. The zero-order valence-electron chi connectivity index (χ0n) is 9.23. The maximum Gasteiger partial charge on any atom is 0.324 e. The number of aromatic nitrogens is 3. The lowest BCUT2D eigenvalue weighted by Gasteiger charge is -2.09. The van der Waals surface area contributed by atoms with Crippen molar-refractivity contribution in [2.45, 2.75) is 33.3 Å². The molecule has 0 atom stereocenters. The number of nitrogens with two attached hydrogens (primary N) is 1. The van der Waals surface area contributed by atoms with E-state index in [0.29, 0.717) is 6.61 Å². The molecular weight excluding hydrogens is 196 g/mol. The topological polar surface area (TPSA) is 83.2 Å². The molecule has 0 aliphatic carbocycles. The van der Waals surface area contributed by atoms with E-state index in [0.717, 1.165) is 6.42 Å². The fourth-order valence-electron chi connectivity index (χ4n) is 0.874. The van der Waals surface area contributed by atoms with Crippen LogP contribution in [0.4, 0.5) is 5.95 Å². The predicted molar refractivity (Wildman–Crippen MR) is 55.8 cm³/mol. The monoisotopic (exact) mass is 212 g/mol. The molecular formula is C9H16N4O2. The van der Waals surface area contributed by atoms with Gasteiger partial charge in [-0.05, 0) is 20.3 Å². The molecule has 15 heavy (non-hydrogen) atoms. The second-order valence-corrected chi connectivity index (χ2v) is 3.27. The minimum atomic E-state index is -0.00850.